The molecule has 0 saturated carbocycles. The highest BCUT2D eigenvalue weighted by Crippen LogP contribution is 2.19. The SMILES string of the molecule is CCNc1ccc(S(=O)(=O)N(C)C(C)CCSC)cn1. The fraction of sp³-hybridized carbons (Fsp3) is 0.615. The van der Waals surface area contributed by atoms with Crippen molar-refractivity contribution in [2.24, 2.45) is 0 Å². The first-order valence-corrected chi connectivity index (χ1v) is 9.43. The number of nitrogens with one attached hydrogen (secondary N) is 1. The van der Waals surface area contributed by atoms with Crippen LogP contribution in [0, 0.1) is 0 Å². The predicted molar refractivity (Wildman–Crippen MR) is 85.8 cm³/mol. The van der Waals surface area contributed by atoms with E-state index in [2.05, 4.69) is 10.3 Å². The topological polar surface area (TPSA) is 62.3 Å². The molecule has 0 fully saturated rings. The van der Waals surface area contributed by atoms with E-state index in [0.717, 1.165) is 18.7 Å². The molecule has 0 aliphatic carbocycles. The van der Waals surface area contributed by atoms with Crippen LogP contribution in [0.3, 0.4) is 0 Å². The molecule has 0 radical (unpaired) electrons. The van der Waals surface area contributed by atoms with E-state index in [1.165, 1.54) is 10.5 Å². The zero-order chi connectivity index (χ0) is 15.2. The fourth-order valence-corrected chi connectivity index (χ4v) is 3.61. The van der Waals surface area contributed by atoms with Crippen molar-refractivity contribution in [3.05, 3.63) is 18.3 Å². The van der Waals surface area contributed by atoms with Gasteiger partial charge in [-0.2, -0.15) is 16.1 Å². The van der Waals surface area contributed by atoms with Gasteiger partial charge in [0.2, 0.25) is 10.0 Å². The van der Waals surface area contributed by atoms with Crippen molar-refractivity contribution in [3.63, 3.8) is 0 Å². The Kier molecular flexibility index (Phi) is 6.78. The highest BCUT2D eigenvalue weighted by atomic mass is 32.2. The van der Waals surface area contributed by atoms with E-state index in [-0.39, 0.29) is 10.9 Å². The van der Waals surface area contributed by atoms with E-state index >= 15 is 0 Å². The molecule has 1 aromatic rings. The third kappa shape index (κ3) is 4.36. The van der Waals surface area contributed by atoms with Crippen molar-refractivity contribution in [2.45, 2.75) is 31.2 Å². The van der Waals surface area contributed by atoms with E-state index < -0.39 is 10.0 Å². The van der Waals surface area contributed by atoms with Gasteiger partial charge < -0.3 is 5.32 Å². The van der Waals surface area contributed by atoms with Gasteiger partial charge in [-0.1, -0.05) is 0 Å². The van der Waals surface area contributed by atoms with Crippen LogP contribution in [0.2, 0.25) is 0 Å². The number of rotatable bonds is 8. The smallest absolute Gasteiger partial charge is 0.244 e. The molecule has 1 atom stereocenters. The molecule has 0 spiro atoms. The van der Waals surface area contributed by atoms with Gasteiger partial charge in [0.05, 0.1) is 0 Å². The van der Waals surface area contributed by atoms with E-state index in [9.17, 15) is 8.42 Å². The second-order valence-corrected chi connectivity index (χ2v) is 7.54. The second kappa shape index (κ2) is 7.85. The van der Waals surface area contributed by atoms with E-state index in [1.54, 1.807) is 30.9 Å². The predicted octanol–water partition coefficient (Wildman–Crippen LogP) is 2.28. The second-order valence-electron chi connectivity index (χ2n) is 4.56. The summed E-state index contributed by atoms with van der Waals surface area (Å²) in [5.41, 5.74) is 0. The number of nitrogens with zero attached hydrogens (tertiary/aromatic N) is 2. The van der Waals surface area contributed by atoms with Gasteiger partial charge in [-0.3, -0.25) is 0 Å². The molecule has 114 valence electrons. The van der Waals surface area contributed by atoms with Crippen LogP contribution in [0.5, 0.6) is 0 Å². The van der Waals surface area contributed by atoms with Gasteiger partial charge in [0.25, 0.3) is 0 Å². The normalized spacial score (nSPS) is 13.4. The molecule has 0 aliphatic heterocycles. The van der Waals surface area contributed by atoms with Crippen molar-refractivity contribution >= 4 is 27.6 Å². The standard InChI is InChI=1S/C13H23N3O2S2/c1-5-14-13-7-6-12(10-15-13)20(17,18)16(3)11(2)8-9-19-4/h6-7,10-11H,5,8-9H2,1-4H3,(H,14,15). The molecule has 0 saturated heterocycles. The van der Waals surface area contributed by atoms with Gasteiger partial charge >= 0.3 is 0 Å². The molecule has 0 aliphatic rings. The third-order valence-electron chi connectivity index (χ3n) is 3.13. The highest BCUT2D eigenvalue weighted by molar-refractivity contribution is 7.98. The van der Waals surface area contributed by atoms with Crippen molar-refractivity contribution in [1.82, 2.24) is 9.29 Å². The number of pyridine rings is 1. The van der Waals surface area contributed by atoms with E-state index in [1.807, 2.05) is 20.1 Å². The largest absolute Gasteiger partial charge is 0.370 e. The fourth-order valence-electron chi connectivity index (χ4n) is 1.69. The maximum Gasteiger partial charge on any atom is 0.244 e. The molecule has 0 amide bonds. The number of sulfonamides is 1. The van der Waals surface area contributed by atoms with Gasteiger partial charge in [-0.15, -0.1) is 0 Å². The summed E-state index contributed by atoms with van der Waals surface area (Å²) in [6, 6.07) is 3.26. The summed E-state index contributed by atoms with van der Waals surface area (Å²) in [6.07, 6.45) is 4.26. The third-order valence-corrected chi connectivity index (χ3v) is 5.73. The Balaban J connectivity index is 2.86. The molecule has 5 nitrogen and oxygen atoms in total. The molecule has 20 heavy (non-hydrogen) atoms. The molecule has 1 N–H and O–H groups in total. The molecule has 0 aromatic carbocycles. The van der Waals surface area contributed by atoms with Crippen LogP contribution < -0.4 is 5.32 Å². The first kappa shape index (κ1) is 17.3. The van der Waals surface area contributed by atoms with Gasteiger partial charge in [-0.05, 0) is 44.4 Å². The number of thioether (sulfide) groups is 1. The summed E-state index contributed by atoms with van der Waals surface area (Å²) in [5.74, 6) is 1.63. The zero-order valence-electron chi connectivity index (χ0n) is 12.5. The summed E-state index contributed by atoms with van der Waals surface area (Å²) in [7, 11) is -1.84. The number of anilines is 1. The van der Waals surface area contributed by atoms with Crippen molar-refractivity contribution in [3.8, 4) is 0 Å². The molecule has 0 bridgehead atoms. The van der Waals surface area contributed by atoms with Crippen molar-refractivity contribution < 1.29 is 8.42 Å². The molecule has 1 unspecified atom stereocenters. The Morgan fingerprint density at radius 3 is 2.65 bits per heavy atom. The molecule has 7 heteroatoms. The maximum absolute atomic E-state index is 12.5. The molecule has 1 rings (SSSR count). The molecule has 1 heterocycles. The first-order chi connectivity index (χ1) is 9.43. The quantitative estimate of drug-likeness (QED) is 0.797. The summed E-state index contributed by atoms with van der Waals surface area (Å²) in [4.78, 5) is 4.35. The first-order valence-electron chi connectivity index (χ1n) is 6.60. The van der Waals surface area contributed by atoms with Crippen LogP contribution in [0.4, 0.5) is 5.82 Å². The van der Waals surface area contributed by atoms with E-state index in [4.69, 9.17) is 0 Å². The zero-order valence-corrected chi connectivity index (χ0v) is 14.1. The molecular weight excluding hydrogens is 294 g/mol. The average molecular weight is 317 g/mol. The lowest BCUT2D eigenvalue weighted by Gasteiger charge is -2.24. The number of aromatic nitrogens is 1. The molecular formula is C13H23N3O2S2. The maximum atomic E-state index is 12.5. The van der Waals surface area contributed by atoms with Crippen LogP contribution >= 0.6 is 11.8 Å². The lowest BCUT2D eigenvalue weighted by Crippen LogP contribution is -2.35. The summed E-state index contributed by atoms with van der Waals surface area (Å²) in [6.45, 7) is 4.65. The minimum Gasteiger partial charge on any atom is -0.370 e. The average Bonchev–Trinajstić information content (AvgIpc) is 2.44. The Morgan fingerprint density at radius 1 is 1.45 bits per heavy atom. The van der Waals surface area contributed by atoms with E-state index in [0.29, 0.717) is 5.82 Å². The summed E-state index contributed by atoms with van der Waals surface area (Å²) < 4.78 is 26.4. The summed E-state index contributed by atoms with van der Waals surface area (Å²) >= 11 is 1.72. The summed E-state index contributed by atoms with van der Waals surface area (Å²) in [5, 5.41) is 3.04. The Hall–Kier alpha value is -0.790. The van der Waals surface area contributed by atoms with Gasteiger partial charge in [0.1, 0.15) is 10.7 Å². The lowest BCUT2D eigenvalue weighted by atomic mass is 10.3. The van der Waals surface area contributed by atoms with Crippen LogP contribution in [-0.2, 0) is 10.0 Å². The minimum atomic E-state index is -3.47. The van der Waals surface area contributed by atoms with Gasteiger partial charge in [-0.25, -0.2) is 13.4 Å². The monoisotopic (exact) mass is 317 g/mol. The Morgan fingerprint density at radius 2 is 2.15 bits per heavy atom. The minimum absolute atomic E-state index is 0.0270. The number of hydrogen-bond donors (Lipinski definition) is 1. The van der Waals surface area contributed by atoms with Crippen LogP contribution in [0.15, 0.2) is 23.2 Å². The van der Waals surface area contributed by atoms with Crippen LogP contribution in [-0.4, -0.2) is 49.3 Å². The van der Waals surface area contributed by atoms with Gasteiger partial charge in [0, 0.05) is 25.8 Å². The Labute approximate surface area is 126 Å². The van der Waals surface area contributed by atoms with Gasteiger partial charge in [0.15, 0.2) is 0 Å². The van der Waals surface area contributed by atoms with Crippen molar-refractivity contribution in [1.29, 1.82) is 0 Å². The van der Waals surface area contributed by atoms with Crippen LogP contribution in [0.1, 0.15) is 20.3 Å². The molecule has 1 aromatic heterocycles. The highest BCUT2D eigenvalue weighted by Gasteiger charge is 2.25. The lowest BCUT2D eigenvalue weighted by molar-refractivity contribution is 0.382. The Bertz CT molecular complexity index is 503. The number of hydrogen-bond acceptors (Lipinski definition) is 5. The van der Waals surface area contributed by atoms with Crippen LogP contribution in [0.25, 0.3) is 0 Å². The van der Waals surface area contributed by atoms with Crippen molar-refractivity contribution in [2.75, 3.05) is 30.9 Å².